The standard InChI is InChI=1S/C17H20F2N2/c1-4-21(14-7-5-13(18)6-8-14)17-9-11(2)16(19)10-15(17)12(3)20/h5-10,12H,4,20H2,1-3H3. The molecule has 0 spiro atoms. The maximum Gasteiger partial charge on any atom is 0.126 e. The van der Waals surface area contributed by atoms with Crippen LogP contribution in [-0.4, -0.2) is 6.54 Å². The van der Waals surface area contributed by atoms with Gasteiger partial charge in [-0.15, -0.1) is 0 Å². The molecule has 0 saturated heterocycles. The summed E-state index contributed by atoms with van der Waals surface area (Å²) in [5.41, 5.74) is 8.99. The van der Waals surface area contributed by atoms with Crippen molar-refractivity contribution >= 4 is 11.4 Å². The highest BCUT2D eigenvalue weighted by molar-refractivity contribution is 5.68. The van der Waals surface area contributed by atoms with Crippen LogP contribution in [0.5, 0.6) is 0 Å². The van der Waals surface area contributed by atoms with E-state index in [1.54, 1.807) is 25.1 Å². The van der Waals surface area contributed by atoms with E-state index in [1.165, 1.54) is 18.2 Å². The molecule has 0 heterocycles. The van der Waals surface area contributed by atoms with Crippen molar-refractivity contribution in [1.29, 1.82) is 0 Å². The first-order chi connectivity index (χ1) is 9.93. The molecule has 0 aliphatic rings. The van der Waals surface area contributed by atoms with Crippen molar-refractivity contribution in [3.63, 3.8) is 0 Å². The van der Waals surface area contributed by atoms with Crippen molar-refractivity contribution in [2.24, 2.45) is 5.73 Å². The Morgan fingerprint density at radius 2 is 1.76 bits per heavy atom. The summed E-state index contributed by atoms with van der Waals surface area (Å²) in [7, 11) is 0. The molecule has 0 saturated carbocycles. The zero-order valence-corrected chi connectivity index (χ0v) is 12.5. The van der Waals surface area contributed by atoms with E-state index in [9.17, 15) is 8.78 Å². The average Bonchev–Trinajstić information content (AvgIpc) is 2.45. The molecule has 0 bridgehead atoms. The molecular weight excluding hydrogens is 270 g/mol. The van der Waals surface area contributed by atoms with Gasteiger partial charge < -0.3 is 10.6 Å². The van der Waals surface area contributed by atoms with Gasteiger partial charge in [-0.2, -0.15) is 0 Å². The molecule has 2 aromatic rings. The minimum absolute atomic E-state index is 0.263. The Bertz CT molecular complexity index is 621. The van der Waals surface area contributed by atoms with Gasteiger partial charge in [0.1, 0.15) is 11.6 Å². The Balaban J connectivity index is 2.56. The predicted octanol–water partition coefficient (Wildman–Crippen LogP) is 4.45. The van der Waals surface area contributed by atoms with Gasteiger partial charge in [0.25, 0.3) is 0 Å². The summed E-state index contributed by atoms with van der Waals surface area (Å²) in [6, 6.07) is 9.25. The van der Waals surface area contributed by atoms with Crippen molar-refractivity contribution < 1.29 is 8.78 Å². The Morgan fingerprint density at radius 3 is 2.29 bits per heavy atom. The van der Waals surface area contributed by atoms with Crippen LogP contribution in [0.3, 0.4) is 0 Å². The summed E-state index contributed by atoms with van der Waals surface area (Å²) in [6.45, 7) is 6.22. The van der Waals surface area contributed by atoms with Crippen LogP contribution < -0.4 is 10.6 Å². The summed E-state index contributed by atoms with van der Waals surface area (Å²) in [4.78, 5) is 2.00. The number of hydrogen-bond acceptors (Lipinski definition) is 2. The minimum Gasteiger partial charge on any atom is -0.341 e. The lowest BCUT2D eigenvalue weighted by atomic mass is 10.0. The molecule has 2 aromatic carbocycles. The molecule has 0 amide bonds. The van der Waals surface area contributed by atoms with Gasteiger partial charge in [-0.3, -0.25) is 0 Å². The smallest absolute Gasteiger partial charge is 0.126 e. The molecule has 0 aromatic heterocycles. The molecule has 2 N–H and O–H groups in total. The highest BCUT2D eigenvalue weighted by Crippen LogP contribution is 2.33. The lowest BCUT2D eigenvalue weighted by Crippen LogP contribution is -2.20. The van der Waals surface area contributed by atoms with Crippen LogP contribution in [0, 0.1) is 18.6 Å². The first kappa shape index (κ1) is 15.4. The number of hydrogen-bond donors (Lipinski definition) is 1. The van der Waals surface area contributed by atoms with Crippen LogP contribution in [0.4, 0.5) is 20.2 Å². The molecule has 1 atom stereocenters. The van der Waals surface area contributed by atoms with E-state index >= 15 is 0 Å². The van der Waals surface area contributed by atoms with Crippen molar-refractivity contribution in [1.82, 2.24) is 0 Å². The third-order valence-corrected chi connectivity index (χ3v) is 3.54. The zero-order valence-electron chi connectivity index (χ0n) is 12.5. The number of aryl methyl sites for hydroxylation is 1. The predicted molar refractivity (Wildman–Crippen MR) is 82.8 cm³/mol. The van der Waals surface area contributed by atoms with Crippen LogP contribution in [-0.2, 0) is 0 Å². The first-order valence-electron chi connectivity index (χ1n) is 7.02. The number of nitrogens with two attached hydrogens (primary N) is 1. The lowest BCUT2D eigenvalue weighted by molar-refractivity contribution is 0.613. The van der Waals surface area contributed by atoms with E-state index in [4.69, 9.17) is 5.73 Å². The van der Waals surface area contributed by atoms with Crippen LogP contribution in [0.15, 0.2) is 36.4 Å². The molecule has 21 heavy (non-hydrogen) atoms. The van der Waals surface area contributed by atoms with E-state index < -0.39 is 0 Å². The second-order valence-electron chi connectivity index (χ2n) is 5.17. The van der Waals surface area contributed by atoms with E-state index in [-0.39, 0.29) is 17.7 Å². The second-order valence-corrected chi connectivity index (χ2v) is 5.17. The van der Waals surface area contributed by atoms with Crippen molar-refractivity contribution in [3.05, 3.63) is 59.2 Å². The number of nitrogens with zero attached hydrogens (tertiary/aromatic N) is 1. The van der Waals surface area contributed by atoms with Crippen molar-refractivity contribution in [2.45, 2.75) is 26.8 Å². The Hall–Kier alpha value is -1.94. The van der Waals surface area contributed by atoms with Gasteiger partial charge in [0.05, 0.1) is 0 Å². The molecule has 0 fully saturated rings. The van der Waals surface area contributed by atoms with E-state index in [0.717, 1.165) is 16.9 Å². The molecule has 0 aliphatic heterocycles. The van der Waals surface area contributed by atoms with Gasteiger partial charge in [-0.25, -0.2) is 8.78 Å². The summed E-state index contributed by atoms with van der Waals surface area (Å²) in [5.74, 6) is -0.543. The normalized spacial score (nSPS) is 12.3. The Kier molecular flexibility index (Phi) is 4.58. The summed E-state index contributed by atoms with van der Waals surface area (Å²) < 4.78 is 26.9. The van der Waals surface area contributed by atoms with Crippen LogP contribution >= 0.6 is 0 Å². The van der Waals surface area contributed by atoms with E-state index in [1.807, 2.05) is 18.7 Å². The summed E-state index contributed by atoms with van der Waals surface area (Å²) >= 11 is 0. The topological polar surface area (TPSA) is 29.3 Å². The quantitative estimate of drug-likeness (QED) is 0.901. The lowest BCUT2D eigenvalue weighted by Gasteiger charge is -2.27. The first-order valence-corrected chi connectivity index (χ1v) is 7.02. The third-order valence-electron chi connectivity index (χ3n) is 3.54. The summed E-state index contributed by atoms with van der Waals surface area (Å²) in [6.07, 6.45) is 0. The fourth-order valence-electron chi connectivity index (χ4n) is 2.39. The zero-order chi connectivity index (χ0) is 15.6. The number of rotatable bonds is 4. The van der Waals surface area contributed by atoms with Crippen molar-refractivity contribution in [3.8, 4) is 0 Å². The molecule has 0 aliphatic carbocycles. The average molecular weight is 290 g/mol. The highest BCUT2D eigenvalue weighted by Gasteiger charge is 2.17. The van der Waals surface area contributed by atoms with Gasteiger partial charge in [0, 0.05) is 24.0 Å². The largest absolute Gasteiger partial charge is 0.341 e. The highest BCUT2D eigenvalue weighted by atomic mass is 19.1. The maximum atomic E-state index is 13.8. The third kappa shape index (κ3) is 3.22. The molecule has 2 nitrogen and oxygen atoms in total. The molecular formula is C17H20F2N2. The molecule has 4 heteroatoms. The monoisotopic (exact) mass is 290 g/mol. The molecule has 2 rings (SSSR count). The van der Waals surface area contributed by atoms with Crippen LogP contribution in [0.25, 0.3) is 0 Å². The molecule has 1 unspecified atom stereocenters. The van der Waals surface area contributed by atoms with E-state index in [0.29, 0.717) is 12.1 Å². The maximum absolute atomic E-state index is 13.8. The fraction of sp³-hybridized carbons (Fsp3) is 0.294. The Labute approximate surface area is 124 Å². The van der Waals surface area contributed by atoms with Crippen LogP contribution in [0.2, 0.25) is 0 Å². The van der Waals surface area contributed by atoms with Crippen LogP contribution in [0.1, 0.15) is 31.0 Å². The van der Waals surface area contributed by atoms with Gasteiger partial charge in [0.2, 0.25) is 0 Å². The minimum atomic E-state index is -0.287. The SMILES string of the molecule is CCN(c1ccc(F)cc1)c1cc(C)c(F)cc1C(C)N. The number of anilines is 2. The van der Waals surface area contributed by atoms with Gasteiger partial charge in [0.15, 0.2) is 0 Å². The van der Waals surface area contributed by atoms with E-state index in [2.05, 4.69) is 0 Å². The number of benzene rings is 2. The summed E-state index contributed by atoms with van der Waals surface area (Å²) in [5, 5.41) is 0. The van der Waals surface area contributed by atoms with Gasteiger partial charge >= 0.3 is 0 Å². The van der Waals surface area contributed by atoms with Gasteiger partial charge in [-0.1, -0.05) is 0 Å². The van der Waals surface area contributed by atoms with Gasteiger partial charge in [-0.05, 0) is 68.3 Å². The fourth-order valence-corrected chi connectivity index (χ4v) is 2.39. The Morgan fingerprint density at radius 1 is 1.14 bits per heavy atom. The van der Waals surface area contributed by atoms with Crippen molar-refractivity contribution in [2.75, 3.05) is 11.4 Å². The molecule has 0 radical (unpaired) electrons. The number of halogens is 2. The second kappa shape index (κ2) is 6.22. The molecule has 112 valence electrons.